The van der Waals surface area contributed by atoms with Crippen LogP contribution in [0.4, 0.5) is 0 Å². The summed E-state index contributed by atoms with van der Waals surface area (Å²) < 4.78 is 5.94. The molecule has 0 N–H and O–H groups in total. The molecular weight excluding hydrogens is 248 g/mol. The molecule has 3 unspecified atom stereocenters. The maximum Gasteiger partial charge on any atom is 0.339 e. The number of esters is 1. The van der Waals surface area contributed by atoms with Gasteiger partial charge in [-0.25, -0.2) is 4.79 Å². The Hall–Kier alpha value is -1.57. The van der Waals surface area contributed by atoms with Gasteiger partial charge in [0.2, 0.25) is 0 Å². The summed E-state index contributed by atoms with van der Waals surface area (Å²) in [5.41, 5.74) is 0.308. The van der Waals surface area contributed by atoms with Crippen molar-refractivity contribution in [3.63, 3.8) is 0 Å². The lowest BCUT2D eigenvalue weighted by atomic mass is 9.55. The topological polar surface area (TPSA) is 26.3 Å². The molecule has 0 aliphatic heterocycles. The summed E-state index contributed by atoms with van der Waals surface area (Å²) in [5.74, 6) is 1.09. The second-order valence-electron chi connectivity index (χ2n) is 6.07. The van der Waals surface area contributed by atoms with Crippen LogP contribution in [0, 0.1) is 11.8 Å². The van der Waals surface area contributed by atoms with Crippen molar-refractivity contribution in [2.75, 3.05) is 0 Å². The number of hydrogen-bond acceptors (Lipinski definition) is 2. The predicted molar refractivity (Wildman–Crippen MR) is 79.5 cm³/mol. The number of allylic oxidation sites excluding steroid dienone is 1. The van der Waals surface area contributed by atoms with Crippen molar-refractivity contribution in [1.82, 2.24) is 0 Å². The number of hydrogen-bond donors (Lipinski definition) is 0. The Bertz CT molecular complexity index is 505. The summed E-state index contributed by atoms with van der Waals surface area (Å²) in [5, 5.41) is 0. The minimum absolute atomic E-state index is 0.187. The molecular formula is C18H22O2. The highest BCUT2D eigenvalue weighted by molar-refractivity contribution is 5.89. The molecule has 2 heteroatoms. The minimum Gasteiger partial charge on any atom is -0.451 e. The molecule has 3 atom stereocenters. The Morgan fingerprint density at radius 2 is 2.00 bits per heavy atom. The Labute approximate surface area is 120 Å². The lowest BCUT2D eigenvalue weighted by Crippen LogP contribution is -2.56. The van der Waals surface area contributed by atoms with E-state index in [4.69, 9.17) is 4.74 Å². The first-order valence-electron chi connectivity index (χ1n) is 7.67. The molecule has 2 aliphatic carbocycles. The molecule has 0 spiro atoms. The number of ether oxygens (including phenoxy) is 1. The normalized spacial score (nSPS) is 32.5. The fourth-order valence-electron chi connectivity index (χ4n) is 3.93. The fourth-order valence-corrected chi connectivity index (χ4v) is 3.93. The van der Waals surface area contributed by atoms with E-state index >= 15 is 0 Å². The molecule has 3 rings (SSSR count). The number of benzene rings is 1. The van der Waals surface area contributed by atoms with Gasteiger partial charge in [-0.1, -0.05) is 37.1 Å². The Morgan fingerprint density at radius 1 is 1.25 bits per heavy atom. The van der Waals surface area contributed by atoms with Gasteiger partial charge in [0.05, 0.1) is 5.56 Å². The van der Waals surface area contributed by atoms with Crippen molar-refractivity contribution in [3.8, 4) is 0 Å². The zero-order chi connectivity index (χ0) is 14.0. The molecule has 2 aliphatic rings. The first-order chi connectivity index (χ1) is 9.75. The van der Waals surface area contributed by atoms with Gasteiger partial charge in [-0.3, -0.25) is 0 Å². The number of carbonyl (C=O) groups is 1. The average Bonchev–Trinajstić information content (AvgIpc) is 2.47. The first kappa shape index (κ1) is 13.4. The Morgan fingerprint density at radius 3 is 2.70 bits per heavy atom. The van der Waals surface area contributed by atoms with Crippen LogP contribution >= 0.6 is 0 Å². The molecule has 106 valence electrons. The number of fused-ring (bicyclic) bond motifs is 1. The van der Waals surface area contributed by atoms with E-state index < -0.39 is 0 Å². The van der Waals surface area contributed by atoms with Gasteiger partial charge in [0.15, 0.2) is 0 Å². The van der Waals surface area contributed by atoms with E-state index in [9.17, 15) is 4.79 Å². The molecule has 0 bridgehead atoms. The molecule has 0 saturated heterocycles. The van der Waals surface area contributed by atoms with Gasteiger partial charge in [0.25, 0.3) is 0 Å². The summed E-state index contributed by atoms with van der Waals surface area (Å²) in [6, 6.07) is 9.32. The van der Waals surface area contributed by atoms with E-state index in [0.717, 1.165) is 12.3 Å². The van der Waals surface area contributed by atoms with E-state index in [1.54, 1.807) is 0 Å². The van der Waals surface area contributed by atoms with Gasteiger partial charge < -0.3 is 4.74 Å². The smallest absolute Gasteiger partial charge is 0.339 e. The van der Waals surface area contributed by atoms with Crippen LogP contribution in [0.2, 0.25) is 0 Å². The Kier molecular flexibility index (Phi) is 3.64. The highest BCUT2D eigenvalue weighted by atomic mass is 16.6. The summed E-state index contributed by atoms with van der Waals surface area (Å²) in [7, 11) is 0. The molecule has 2 saturated carbocycles. The van der Waals surface area contributed by atoms with Crippen molar-refractivity contribution < 1.29 is 9.53 Å². The van der Waals surface area contributed by atoms with E-state index in [1.807, 2.05) is 43.3 Å². The van der Waals surface area contributed by atoms with E-state index in [0.29, 0.717) is 11.5 Å². The van der Waals surface area contributed by atoms with Crippen molar-refractivity contribution in [2.24, 2.45) is 11.8 Å². The zero-order valence-electron chi connectivity index (χ0n) is 12.0. The summed E-state index contributed by atoms with van der Waals surface area (Å²) >= 11 is 0. The standard InChI is InChI=1S/C18H22O2/c1-2-12-18(13-15-10-6-7-11-16(15)18)20-17(19)14-8-4-3-5-9-14/h2-5,8-9,12,15-16H,6-7,10-11,13H2,1H3/b12-2+. The number of carbonyl (C=O) groups excluding carboxylic acids is 1. The molecule has 2 fully saturated rings. The molecule has 20 heavy (non-hydrogen) atoms. The van der Waals surface area contributed by atoms with Crippen LogP contribution in [0.5, 0.6) is 0 Å². The van der Waals surface area contributed by atoms with Gasteiger partial charge in [-0.05, 0) is 50.3 Å². The SMILES string of the molecule is C/C=C/C1(OC(=O)c2ccccc2)CC2CCCCC21. The van der Waals surface area contributed by atoms with E-state index in [1.165, 1.54) is 25.7 Å². The number of rotatable bonds is 3. The fraction of sp³-hybridized carbons (Fsp3) is 0.500. The maximum atomic E-state index is 12.3. The van der Waals surface area contributed by atoms with E-state index in [2.05, 4.69) is 6.08 Å². The summed E-state index contributed by atoms with van der Waals surface area (Å²) in [6.07, 6.45) is 10.2. The molecule has 0 heterocycles. The molecule has 0 radical (unpaired) electrons. The molecule has 0 aromatic heterocycles. The van der Waals surface area contributed by atoms with Crippen LogP contribution < -0.4 is 0 Å². The van der Waals surface area contributed by atoms with Gasteiger partial charge in [0.1, 0.15) is 5.60 Å². The molecule has 0 amide bonds. The lowest BCUT2D eigenvalue weighted by molar-refractivity contribution is -0.127. The van der Waals surface area contributed by atoms with Crippen LogP contribution in [0.15, 0.2) is 42.5 Å². The van der Waals surface area contributed by atoms with Crippen LogP contribution in [-0.2, 0) is 4.74 Å². The lowest BCUT2D eigenvalue weighted by Gasteiger charge is -2.55. The zero-order valence-corrected chi connectivity index (χ0v) is 12.0. The summed E-state index contributed by atoms with van der Waals surface area (Å²) in [6.45, 7) is 2.01. The molecule has 1 aromatic rings. The average molecular weight is 270 g/mol. The van der Waals surface area contributed by atoms with Crippen LogP contribution in [0.1, 0.15) is 49.4 Å². The van der Waals surface area contributed by atoms with Crippen LogP contribution in [0.3, 0.4) is 0 Å². The van der Waals surface area contributed by atoms with E-state index in [-0.39, 0.29) is 11.6 Å². The highest BCUT2D eigenvalue weighted by Crippen LogP contribution is 2.54. The van der Waals surface area contributed by atoms with Gasteiger partial charge in [-0.15, -0.1) is 0 Å². The third-order valence-electron chi connectivity index (χ3n) is 4.86. The third-order valence-corrected chi connectivity index (χ3v) is 4.86. The maximum absolute atomic E-state index is 12.3. The second-order valence-corrected chi connectivity index (χ2v) is 6.07. The first-order valence-corrected chi connectivity index (χ1v) is 7.67. The molecule has 1 aromatic carbocycles. The quantitative estimate of drug-likeness (QED) is 0.602. The second kappa shape index (κ2) is 5.43. The van der Waals surface area contributed by atoms with Crippen LogP contribution in [-0.4, -0.2) is 11.6 Å². The van der Waals surface area contributed by atoms with Gasteiger partial charge in [0, 0.05) is 5.92 Å². The van der Waals surface area contributed by atoms with Crippen LogP contribution in [0.25, 0.3) is 0 Å². The minimum atomic E-state index is -0.341. The third kappa shape index (κ3) is 2.28. The highest BCUT2D eigenvalue weighted by Gasteiger charge is 2.55. The summed E-state index contributed by atoms with van der Waals surface area (Å²) in [4.78, 5) is 12.3. The van der Waals surface area contributed by atoms with Crippen molar-refractivity contribution in [3.05, 3.63) is 48.0 Å². The molecule has 2 nitrogen and oxygen atoms in total. The largest absolute Gasteiger partial charge is 0.451 e. The monoisotopic (exact) mass is 270 g/mol. The van der Waals surface area contributed by atoms with Crippen molar-refractivity contribution in [2.45, 2.75) is 44.6 Å². The van der Waals surface area contributed by atoms with Crippen molar-refractivity contribution >= 4 is 5.97 Å². The van der Waals surface area contributed by atoms with Gasteiger partial charge in [-0.2, -0.15) is 0 Å². The van der Waals surface area contributed by atoms with Crippen molar-refractivity contribution in [1.29, 1.82) is 0 Å². The Balaban J connectivity index is 1.77. The van der Waals surface area contributed by atoms with Gasteiger partial charge >= 0.3 is 5.97 Å². The predicted octanol–water partition coefficient (Wildman–Crippen LogP) is 4.37.